The van der Waals surface area contributed by atoms with Crippen molar-refractivity contribution in [3.8, 4) is 22.9 Å². The maximum Gasteiger partial charge on any atom is 0.245 e. The summed E-state index contributed by atoms with van der Waals surface area (Å²) in [5, 5.41) is 8.76. The zero-order chi connectivity index (χ0) is 26.5. The van der Waals surface area contributed by atoms with Gasteiger partial charge in [0.25, 0.3) is 0 Å². The summed E-state index contributed by atoms with van der Waals surface area (Å²) in [4.78, 5) is 13.7. The fourth-order valence-electron chi connectivity index (χ4n) is 4.95. The number of halogens is 2. The Morgan fingerprint density at radius 2 is 1.95 bits per heavy atom. The predicted octanol–water partition coefficient (Wildman–Crippen LogP) is 6.93. The van der Waals surface area contributed by atoms with Gasteiger partial charge in [-0.1, -0.05) is 30.3 Å². The summed E-state index contributed by atoms with van der Waals surface area (Å²) in [7, 11) is 0. The number of aryl methyl sites for hydroxylation is 2. The molecule has 38 heavy (non-hydrogen) atoms. The van der Waals surface area contributed by atoms with Gasteiger partial charge in [-0.3, -0.25) is 0 Å². The minimum atomic E-state index is -2.66. The quantitative estimate of drug-likeness (QED) is 0.251. The van der Waals surface area contributed by atoms with Crippen LogP contribution in [0.4, 0.5) is 14.7 Å². The number of fused-ring (bicyclic) bond motifs is 1. The first-order chi connectivity index (χ1) is 18.4. The number of hydrogen-bond acceptors (Lipinski definition) is 6. The molecule has 0 bridgehead atoms. The lowest BCUT2D eigenvalue weighted by molar-refractivity contribution is 0.0111. The van der Waals surface area contributed by atoms with E-state index in [1.807, 2.05) is 55.5 Å². The van der Waals surface area contributed by atoms with E-state index < -0.39 is 5.92 Å². The highest BCUT2D eigenvalue weighted by molar-refractivity contribution is 5.92. The maximum absolute atomic E-state index is 13.4. The second kappa shape index (κ2) is 11.4. The van der Waals surface area contributed by atoms with E-state index >= 15 is 0 Å². The van der Waals surface area contributed by atoms with Gasteiger partial charge in [-0.2, -0.15) is 0 Å². The van der Waals surface area contributed by atoms with Gasteiger partial charge in [-0.25, -0.2) is 23.7 Å². The van der Waals surface area contributed by atoms with Gasteiger partial charge in [0.1, 0.15) is 5.75 Å². The zero-order valence-corrected chi connectivity index (χ0v) is 21.8. The fourth-order valence-corrected chi connectivity index (χ4v) is 4.95. The number of pyridine rings is 1. The lowest BCUT2D eigenvalue weighted by Gasteiger charge is -2.23. The summed E-state index contributed by atoms with van der Waals surface area (Å²) < 4.78 is 33.2. The van der Waals surface area contributed by atoms with Crippen LogP contribution in [0, 0.1) is 6.92 Å². The van der Waals surface area contributed by atoms with Gasteiger partial charge in [-0.15, -0.1) is 0 Å². The molecule has 1 atom stereocenters. The molecule has 1 saturated heterocycles. The maximum atomic E-state index is 13.4. The van der Waals surface area contributed by atoms with Crippen molar-refractivity contribution in [3.63, 3.8) is 0 Å². The summed E-state index contributed by atoms with van der Waals surface area (Å²) in [6.07, 6.45) is 6.49. The highest BCUT2D eigenvalue weighted by atomic mass is 19.3. The third-order valence-corrected chi connectivity index (χ3v) is 6.89. The van der Waals surface area contributed by atoms with Crippen LogP contribution in [0.3, 0.4) is 0 Å². The SMILES string of the molecule is Cc1ccc2c(CCCC(C)(F)F)cccc2c1Oc1ncccc1-c1ccnc(N[C@H]2CCCNC2)n1. The smallest absolute Gasteiger partial charge is 0.245 e. The first-order valence-corrected chi connectivity index (χ1v) is 13.2. The normalized spacial score (nSPS) is 15.9. The van der Waals surface area contributed by atoms with Crippen LogP contribution < -0.4 is 15.4 Å². The van der Waals surface area contributed by atoms with E-state index in [0.717, 1.165) is 60.3 Å². The van der Waals surface area contributed by atoms with Crippen LogP contribution in [-0.2, 0) is 6.42 Å². The molecule has 4 aromatic rings. The van der Waals surface area contributed by atoms with Gasteiger partial charge in [0.05, 0.1) is 11.3 Å². The first-order valence-electron chi connectivity index (χ1n) is 13.2. The Hall–Kier alpha value is -3.65. The minimum absolute atomic E-state index is 0.136. The van der Waals surface area contributed by atoms with Gasteiger partial charge in [-0.05, 0) is 80.8 Å². The highest BCUT2D eigenvalue weighted by Crippen LogP contribution is 2.38. The average Bonchev–Trinajstić information content (AvgIpc) is 2.91. The van der Waals surface area contributed by atoms with E-state index in [2.05, 4.69) is 20.6 Å². The van der Waals surface area contributed by atoms with Crippen molar-refractivity contribution in [2.75, 3.05) is 18.4 Å². The first kappa shape index (κ1) is 26.0. The van der Waals surface area contributed by atoms with Crippen molar-refractivity contribution in [2.24, 2.45) is 0 Å². The van der Waals surface area contributed by atoms with E-state index in [0.29, 0.717) is 42.2 Å². The Bertz CT molecular complexity index is 1400. The molecule has 2 aromatic heterocycles. The number of nitrogens with one attached hydrogen (secondary N) is 2. The van der Waals surface area contributed by atoms with Crippen molar-refractivity contribution in [3.05, 3.63) is 72.1 Å². The Kier molecular flexibility index (Phi) is 7.79. The Morgan fingerprint density at radius 3 is 2.76 bits per heavy atom. The van der Waals surface area contributed by atoms with E-state index in [1.54, 1.807) is 12.4 Å². The van der Waals surface area contributed by atoms with Gasteiger partial charge in [0.2, 0.25) is 17.8 Å². The number of anilines is 1. The molecule has 1 fully saturated rings. The fraction of sp³-hybridized carbons (Fsp3) is 0.367. The number of ether oxygens (including phenoxy) is 1. The standard InChI is InChI=1S/C30H33F2N5O/c1-20-12-13-23-21(8-4-15-30(2,31)32)7-3-10-24(23)27(20)38-28-25(11-6-17-34-28)26-14-18-35-29(37-26)36-22-9-5-16-33-19-22/h3,6-7,10-14,17-18,22,33H,4-5,8-9,15-16,19H2,1-2H3,(H,35,36,37)/t22-/m0/s1. The van der Waals surface area contributed by atoms with Crippen LogP contribution >= 0.6 is 0 Å². The Balaban J connectivity index is 1.44. The summed E-state index contributed by atoms with van der Waals surface area (Å²) in [5.74, 6) is -0.933. The lowest BCUT2D eigenvalue weighted by Crippen LogP contribution is -2.38. The number of alkyl halides is 2. The molecular formula is C30H33F2N5O. The van der Waals surface area contributed by atoms with Gasteiger partial charge in [0, 0.05) is 36.8 Å². The summed E-state index contributed by atoms with van der Waals surface area (Å²) in [5.41, 5.74) is 3.47. The number of nitrogens with zero attached hydrogens (tertiary/aromatic N) is 3. The topological polar surface area (TPSA) is 72.0 Å². The van der Waals surface area contributed by atoms with Gasteiger partial charge in [0.15, 0.2) is 0 Å². The molecular weight excluding hydrogens is 484 g/mol. The third kappa shape index (κ3) is 6.25. The molecule has 6 nitrogen and oxygen atoms in total. The van der Waals surface area contributed by atoms with Crippen LogP contribution in [0.2, 0.25) is 0 Å². The molecule has 1 aliphatic rings. The monoisotopic (exact) mass is 517 g/mol. The summed E-state index contributed by atoms with van der Waals surface area (Å²) >= 11 is 0. The second-order valence-electron chi connectivity index (χ2n) is 10.1. The number of hydrogen-bond donors (Lipinski definition) is 2. The van der Waals surface area contributed by atoms with Crippen LogP contribution in [-0.4, -0.2) is 40.0 Å². The summed E-state index contributed by atoms with van der Waals surface area (Å²) in [6, 6.07) is 15.9. The average molecular weight is 518 g/mol. The minimum Gasteiger partial charge on any atom is -0.437 e. The molecule has 0 unspecified atom stereocenters. The number of aromatic nitrogens is 3. The lowest BCUT2D eigenvalue weighted by atomic mass is 9.97. The van der Waals surface area contributed by atoms with Gasteiger partial charge < -0.3 is 15.4 Å². The molecule has 0 spiro atoms. The van der Waals surface area contributed by atoms with Crippen LogP contribution in [0.1, 0.15) is 43.7 Å². The molecule has 0 aliphatic carbocycles. The third-order valence-electron chi connectivity index (χ3n) is 6.89. The molecule has 0 radical (unpaired) electrons. The molecule has 1 aliphatic heterocycles. The molecule has 2 N–H and O–H groups in total. The zero-order valence-electron chi connectivity index (χ0n) is 21.8. The molecule has 3 heterocycles. The van der Waals surface area contributed by atoms with E-state index in [4.69, 9.17) is 9.72 Å². The number of piperidine rings is 1. The molecule has 8 heteroatoms. The van der Waals surface area contributed by atoms with Crippen molar-refractivity contribution in [1.82, 2.24) is 20.3 Å². The van der Waals surface area contributed by atoms with Crippen molar-refractivity contribution in [2.45, 2.75) is 57.9 Å². The molecule has 0 saturated carbocycles. The largest absolute Gasteiger partial charge is 0.437 e. The van der Waals surface area contributed by atoms with E-state index in [-0.39, 0.29) is 6.42 Å². The van der Waals surface area contributed by atoms with Crippen molar-refractivity contribution < 1.29 is 13.5 Å². The number of rotatable bonds is 9. The predicted molar refractivity (Wildman–Crippen MR) is 147 cm³/mol. The van der Waals surface area contributed by atoms with Crippen LogP contribution in [0.5, 0.6) is 11.6 Å². The van der Waals surface area contributed by atoms with Crippen LogP contribution in [0.15, 0.2) is 60.9 Å². The van der Waals surface area contributed by atoms with Crippen molar-refractivity contribution in [1.29, 1.82) is 0 Å². The van der Waals surface area contributed by atoms with E-state index in [9.17, 15) is 8.78 Å². The van der Waals surface area contributed by atoms with Gasteiger partial charge >= 0.3 is 0 Å². The molecule has 198 valence electrons. The Morgan fingerprint density at radius 1 is 1.05 bits per heavy atom. The number of benzene rings is 2. The summed E-state index contributed by atoms with van der Waals surface area (Å²) in [6.45, 7) is 4.89. The Labute approximate surface area is 221 Å². The highest BCUT2D eigenvalue weighted by Gasteiger charge is 2.21. The second-order valence-corrected chi connectivity index (χ2v) is 10.1. The molecule has 0 amide bonds. The molecule has 2 aromatic carbocycles. The van der Waals surface area contributed by atoms with Crippen molar-refractivity contribution >= 4 is 16.7 Å². The molecule has 5 rings (SSSR count). The van der Waals surface area contributed by atoms with Crippen LogP contribution in [0.25, 0.3) is 22.0 Å². The van der Waals surface area contributed by atoms with E-state index in [1.165, 1.54) is 0 Å².